The molecule has 1 N–H and O–H groups in total. The fourth-order valence-corrected chi connectivity index (χ4v) is 3.03. The zero-order valence-electron chi connectivity index (χ0n) is 15.6. The maximum Gasteiger partial charge on any atom is 0.337 e. The molecular formula is C21H22N2O4. The summed E-state index contributed by atoms with van der Waals surface area (Å²) in [5, 5.41) is 2.87. The van der Waals surface area contributed by atoms with Crippen LogP contribution in [0.5, 0.6) is 5.75 Å². The van der Waals surface area contributed by atoms with E-state index < -0.39 is 12.0 Å². The second-order valence-corrected chi connectivity index (χ2v) is 6.24. The van der Waals surface area contributed by atoms with Crippen LogP contribution in [0.4, 0.5) is 4.79 Å². The topological polar surface area (TPSA) is 67.9 Å². The number of allylic oxidation sites excluding steroid dienone is 1. The van der Waals surface area contributed by atoms with Crippen LogP contribution in [-0.2, 0) is 16.1 Å². The van der Waals surface area contributed by atoms with Crippen LogP contribution >= 0.6 is 0 Å². The van der Waals surface area contributed by atoms with E-state index in [1.165, 1.54) is 12.0 Å². The number of carbonyl (C=O) groups is 2. The second kappa shape index (κ2) is 7.95. The quantitative estimate of drug-likeness (QED) is 0.824. The summed E-state index contributed by atoms with van der Waals surface area (Å²) < 4.78 is 10.9. The Morgan fingerprint density at radius 3 is 2.48 bits per heavy atom. The van der Waals surface area contributed by atoms with E-state index in [2.05, 4.69) is 5.32 Å². The van der Waals surface area contributed by atoms with Crippen molar-refractivity contribution in [3.05, 3.63) is 77.0 Å². The average molecular weight is 366 g/mol. The van der Waals surface area contributed by atoms with Gasteiger partial charge in [0.25, 0.3) is 0 Å². The second-order valence-electron chi connectivity index (χ2n) is 6.24. The van der Waals surface area contributed by atoms with Crippen molar-refractivity contribution in [2.45, 2.75) is 19.6 Å². The minimum atomic E-state index is -0.645. The average Bonchev–Trinajstić information content (AvgIpc) is 2.70. The van der Waals surface area contributed by atoms with Crippen molar-refractivity contribution in [3.63, 3.8) is 0 Å². The molecule has 2 aromatic carbocycles. The summed E-state index contributed by atoms with van der Waals surface area (Å²) in [6, 6.07) is 16.2. The van der Waals surface area contributed by atoms with Gasteiger partial charge in [0.15, 0.2) is 0 Å². The Hall–Kier alpha value is -3.28. The van der Waals surface area contributed by atoms with E-state index in [1.807, 2.05) is 54.6 Å². The van der Waals surface area contributed by atoms with E-state index in [0.717, 1.165) is 5.56 Å². The van der Waals surface area contributed by atoms with Gasteiger partial charge >= 0.3 is 12.0 Å². The van der Waals surface area contributed by atoms with Crippen LogP contribution in [0.2, 0.25) is 0 Å². The zero-order valence-corrected chi connectivity index (χ0v) is 15.6. The molecule has 0 saturated carbocycles. The van der Waals surface area contributed by atoms with Crippen LogP contribution in [0.1, 0.15) is 24.1 Å². The van der Waals surface area contributed by atoms with Gasteiger partial charge in [-0.25, -0.2) is 9.59 Å². The van der Waals surface area contributed by atoms with E-state index in [9.17, 15) is 9.59 Å². The lowest BCUT2D eigenvalue weighted by Crippen LogP contribution is -2.46. The Labute approximate surface area is 158 Å². The molecule has 1 aliphatic heterocycles. The van der Waals surface area contributed by atoms with Crippen LogP contribution in [0.3, 0.4) is 0 Å². The van der Waals surface area contributed by atoms with Crippen LogP contribution < -0.4 is 10.1 Å². The molecule has 1 atom stereocenters. The van der Waals surface area contributed by atoms with Crippen molar-refractivity contribution in [3.8, 4) is 5.75 Å². The number of carbonyl (C=O) groups excluding carboxylic acids is 2. The molecule has 6 nitrogen and oxygen atoms in total. The maximum atomic E-state index is 12.4. The number of esters is 1. The van der Waals surface area contributed by atoms with Crippen LogP contribution in [0, 0.1) is 0 Å². The van der Waals surface area contributed by atoms with Gasteiger partial charge < -0.3 is 19.7 Å². The summed E-state index contributed by atoms with van der Waals surface area (Å²) in [7, 11) is 2.94. The molecule has 2 aromatic rings. The molecule has 6 heteroatoms. The number of benzene rings is 2. The zero-order chi connectivity index (χ0) is 19.4. The summed E-state index contributed by atoms with van der Waals surface area (Å²) >= 11 is 0. The Kier molecular flexibility index (Phi) is 5.45. The number of hydrogen-bond donors (Lipinski definition) is 1. The van der Waals surface area contributed by atoms with E-state index in [0.29, 0.717) is 29.2 Å². The molecule has 0 aromatic heterocycles. The van der Waals surface area contributed by atoms with Crippen molar-refractivity contribution in [1.29, 1.82) is 0 Å². The number of para-hydroxylation sites is 1. The van der Waals surface area contributed by atoms with Crippen molar-refractivity contribution in [2.24, 2.45) is 0 Å². The predicted octanol–water partition coefficient (Wildman–Crippen LogP) is 3.41. The smallest absolute Gasteiger partial charge is 0.337 e. The van der Waals surface area contributed by atoms with Gasteiger partial charge in [0.1, 0.15) is 12.4 Å². The summed E-state index contributed by atoms with van der Waals surface area (Å²) in [6.07, 6.45) is 0. The van der Waals surface area contributed by atoms with Gasteiger partial charge in [-0.3, -0.25) is 0 Å². The van der Waals surface area contributed by atoms with Gasteiger partial charge in [0, 0.05) is 18.3 Å². The fraction of sp³-hybridized carbons (Fsp3) is 0.238. The molecule has 0 bridgehead atoms. The third-order valence-corrected chi connectivity index (χ3v) is 4.63. The largest absolute Gasteiger partial charge is 0.489 e. The minimum absolute atomic E-state index is 0.289. The van der Waals surface area contributed by atoms with E-state index >= 15 is 0 Å². The standard InChI is InChI=1S/C21H22N2O4/c1-14-18(20(24)26-3)19(22-21(25)23(14)2)16-11-7-8-12-17(16)27-13-15-9-5-4-6-10-15/h4-12,19H,13H2,1-3H3,(H,22,25)/t19-/m0/s1. The van der Waals surface area contributed by atoms with Gasteiger partial charge in [0.2, 0.25) is 0 Å². The minimum Gasteiger partial charge on any atom is -0.489 e. The van der Waals surface area contributed by atoms with E-state index in [1.54, 1.807) is 14.0 Å². The van der Waals surface area contributed by atoms with Crippen LogP contribution in [0.25, 0.3) is 0 Å². The van der Waals surface area contributed by atoms with Gasteiger partial charge in [-0.05, 0) is 18.6 Å². The van der Waals surface area contributed by atoms with Crippen molar-refractivity contribution in [1.82, 2.24) is 10.2 Å². The molecular weight excluding hydrogens is 344 g/mol. The predicted molar refractivity (Wildman–Crippen MR) is 101 cm³/mol. The molecule has 0 fully saturated rings. The van der Waals surface area contributed by atoms with Gasteiger partial charge in [-0.2, -0.15) is 0 Å². The number of urea groups is 1. The summed E-state index contributed by atoms with van der Waals surface area (Å²) in [4.78, 5) is 26.1. The van der Waals surface area contributed by atoms with E-state index in [-0.39, 0.29) is 6.03 Å². The highest BCUT2D eigenvalue weighted by Crippen LogP contribution is 2.35. The highest BCUT2D eigenvalue weighted by molar-refractivity contribution is 5.95. The van der Waals surface area contributed by atoms with Crippen molar-refractivity contribution >= 4 is 12.0 Å². The molecule has 1 heterocycles. The molecule has 3 rings (SSSR count). The number of amides is 2. The monoisotopic (exact) mass is 366 g/mol. The molecule has 0 spiro atoms. The molecule has 0 saturated heterocycles. The lowest BCUT2D eigenvalue weighted by Gasteiger charge is -2.33. The summed E-state index contributed by atoms with van der Waals surface area (Å²) in [5.74, 6) is 0.118. The molecule has 140 valence electrons. The van der Waals surface area contributed by atoms with Crippen molar-refractivity contribution < 1.29 is 19.1 Å². The normalized spacial score (nSPS) is 16.8. The highest BCUT2D eigenvalue weighted by Gasteiger charge is 2.36. The number of ether oxygens (including phenoxy) is 2. The van der Waals surface area contributed by atoms with E-state index in [4.69, 9.17) is 9.47 Å². The Bertz CT molecular complexity index is 877. The lowest BCUT2D eigenvalue weighted by atomic mass is 9.94. The number of nitrogens with one attached hydrogen (secondary N) is 1. The third kappa shape index (κ3) is 3.79. The van der Waals surface area contributed by atoms with Crippen molar-refractivity contribution in [2.75, 3.05) is 14.2 Å². The molecule has 2 amide bonds. The molecule has 0 radical (unpaired) electrons. The van der Waals surface area contributed by atoms with Gasteiger partial charge in [-0.1, -0.05) is 48.5 Å². The lowest BCUT2D eigenvalue weighted by molar-refractivity contribution is -0.136. The first kappa shape index (κ1) is 18.5. The molecule has 0 unspecified atom stereocenters. The first-order valence-electron chi connectivity index (χ1n) is 8.62. The first-order chi connectivity index (χ1) is 13.0. The molecule has 0 aliphatic carbocycles. The Balaban J connectivity index is 1.97. The maximum absolute atomic E-state index is 12.4. The van der Waals surface area contributed by atoms with Gasteiger partial charge in [0.05, 0.1) is 18.7 Å². The molecule has 1 aliphatic rings. The van der Waals surface area contributed by atoms with Gasteiger partial charge in [-0.15, -0.1) is 0 Å². The Morgan fingerprint density at radius 2 is 1.78 bits per heavy atom. The number of rotatable bonds is 5. The first-order valence-corrected chi connectivity index (χ1v) is 8.62. The fourth-order valence-electron chi connectivity index (χ4n) is 3.03. The van der Waals surface area contributed by atoms with Crippen LogP contribution in [0.15, 0.2) is 65.9 Å². The number of methoxy groups -OCH3 is 1. The highest BCUT2D eigenvalue weighted by atomic mass is 16.5. The van der Waals surface area contributed by atoms with Crippen LogP contribution in [-0.4, -0.2) is 31.1 Å². The third-order valence-electron chi connectivity index (χ3n) is 4.63. The number of hydrogen-bond acceptors (Lipinski definition) is 4. The SMILES string of the molecule is COC(=O)C1=C(C)N(C)C(=O)N[C@H]1c1ccccc1OCc1ccccc1. The number of nitrogens with zero attached hydrogens (tertiary/aromatic N) is 1. The summed E-state index contributed by atoms with van der Waals surface area (Å²) in [5.41, 5.74) is 2.66. The molecule has 27 heavy (non-hydrogen) atoms. The summed E-state index contributed by atoms with van der Waals surface area (Å²) in [6.45, 7) is 2.11. The Morgan fingerprint density at radius 1 is 1.11 bits per heavy atom.